The summed E-state index contributed by atoms with van der Waals surface area (Å²) < 4.78 is 5.36. The molecule has 1 aliphatic heterocycles. The minimum Gasteiger partial charge on any atom is -0.339 e. The summed E-state index contributed by atoms with van der Waals surface area (Å²) in [5, 5.41) is 7.36. The molecule has 5 nitrogen and oxygen atoms in total. The molecule has 5 heteroatoms. The van der Waals surface area contributed by atoms with Crippen LogP contribution in [0.15, 0.2) is 22.9 Å². The van der Waals surface area contributed by atoms with Crippen molar-refractivity contribution in [2.45, 2.75) is 25.7 Å². The van der Waals surface area contributed by atoms with E-state index >= 15 is 0 Å². The lowest BCUT2D eigenvalue weighted by molar-refractivity contribution is 0.359. The Morgan fingerprint density at radius 3 is 3.22 bits per heavy atom. The highest BCUT2D eigenvalue weighted by molar-refractivity contribution is 5.53. The third-order valence-electron chi connectivity index (χ3n) is 3.34. The van der Waals surface area contributed by atoms with Crippen LogP contribution in [0, 0.1) is 0 Å². The maximum Gasteiger partial charge on any atom is 0.231 e. The molecule has 94 valence electrons. The van der Waals surface area contributed by atoms with Crippen molar-refractivity contribution in [2.75, 3.05) is 13.1 Å². The molecule has 2 aromatic heterocycles. The largest absolute Gasteiger partial charge is 0.339 e. The lowest BCUT2D eigenvalue weighted by Gasteiger charge is -2.01. The van der Waals surface area contributed by atoms with Crippen LogP contribution in [-0.2, 0) is 6.42 Å². The van der Waals surface area contributed by atoms with Crippen LogP contribution in [-0.4, -0.2) is 28.2 Å². The first-order valence-corrected chi connectivity index (χ1v) is 6.37. The normalized spacial score (nSPS) is 19.3. The number of aromatic nitrogens is 3. The summed E-state index contributed by atoms with van der Waals surface area (Å²) in [5.41, 5.74) is 1.98. The van der Waals surface area contributed by atoms with Crippen molar-refractivity contribution in [1.29, 1.82) is 0 Å². The molecule has 1 fully saturated rings. The summed E-state index contributed by atoms with van der Waals surface area (Å²) in [6, 6.07) is 3.99. The van der Waals surface area contributed by atoms with E-state index in [9.17, 15) is 0 Å². The first-order valence-electron chi connectivity index (χ1n) is 6.37. The Labute approximate surface area is 106 Å². The molecule has 0 amide bonds. The lowest BCUT2D eigenvalue weighted by Crippen LogP contribution is -2.08. The van der Waals surface area contributed by atoms with Gasteiger partial charge in [0, 0.05) is 12.7 Å². The van der Waals surface area contributed by atoms with E-state index in [1.165, 1.54) is 0 Å². The van der Waals surface area contributed by atoms with Gasteiger partial charge < -0.3 is 9.84 Å². The van der Waals surface area contributed by atoms with E-state index in [-0.39, 0.29) is 0 Å². The fraction of sp³-hybridized carbons (Fsp3) is 0.462. The fourth-order valence-electron chi connectivity index (χ4n) is 2.29. The van der Waals surface area contributed by atoms with E-state index in [1.54, 1.807) is 6.20 Å². The molecule has 1 aliphatic rings. The van der Waals surface area contributed by atoms with E-state index in [1.807, 2.05) is 6.07 Å². The quantitative estimate of drug-likeness (QED) is 0.891. The Hall–Kier alpha value is -1.75. The predicted molar refractivity (Wildman–Crippen MR) is 67.1 cm³/mol. The van der Waals surface area contributed by atoms with Crippen LogP contribution in [0.1, 0.15) is 30.7 Å². The summed E-state index contributed by atoms with van der Waals surface area (Å²) in [7, 11) is 0. The van der Waals surface area contributed by atoms with E-state index < -0.39 is 0 Å². The van der Waals surface area contributed by atoms with Crippen LogP contribution in [0.25, 0.3) is 11.5 Å². The Morgan fingerprint density at radius 2 is 2.44 bits per heavy atom. The van der Waals surface area contributed by atoms with Crippen molar-refractivity contribution in [3.63, 3.8) is 0 Å². The van der Waals surface area contributed by atoms with Gasteiger partial charge in [0.05, 0.1) is 5.92 Å². The summed E-state index contributed by atoms with van der Waals surface area (Å²) in [6.07, 6.45) is 3.74. The monoisotopic (exact) mass is 244 g/mol. The van der Waals surface area contributed by atoms with Crippen LogP contribution in [0.5, 0.6) is 0 Å². The van der Waals surface area contributed by atoms with Gasteiger partial charge in [-0.2, -0.15) is 4.98 Å². The average Bonchev–Trinajstić information content (AvgIpc) is 3.09. The van der Waals surface area contributed by atoms with Gasteiger partial charge in [-0.25, -0.2) is 0 Å². The zero-order chi connectivity index (χ0) is 12.4. The van der Waals surface area contributed by atoms with Gasteiger partial charge in [-0.3, -0.25) is 4.98 Å². The molecular formula is C13H16N4O. The van der Waals surface area contributed by atoms with Gasteiger partial charge in [0.15, 0.2) is 0 Å². The first kappa shape index (κ1) is 11.3. The molecule has 3 heterocycles. The Morgan fingerprint density at radius 1 is 1.50 bits per heavy atom. The molecular weight excluding hydrogens is 228 g/mol. The van der Waals surface area contributed by atoms with Gasteiger partial charge in [0.25, 0.3) is 0 Å². The van der Waals surface area contributed by atoms with Gasteiger partial charge in [0.1, 0.15) is 5.69 Å². The van der Waals surface area contributed by atoms with Gasteiger partial charge in [-0.1, -0.05) is 18.1 Å². The van der Waals surface area contributed by atoms with Gasteiger partial charge in [0.2, 0.25) is 11.7 Å². The summed E-state index contributed by atoms with van der Waals surface area (Å²) in [6.45, 7) is 4.04. The maximum absolute atomic E-state index is 5.36. The van der Waals surface area contributed by atoms with Crippen molar-refractivity contribution < 1.29 is 4.52 Å². The third-order valence-corrected chi connectivity index (χ3v) is 3.34. The molecule has 0 aromatic carbocycles. The fourth-order valence-corrected chi connectivity index (χ4v) is 2.29. The molecule has 0 radical (unpaired) electrons. The highest BCUT2D eigenvalue weighted by Crippen LogP contribution is 2.24. The minimum absolute atomic E-state index is 0.347. The predicted octanol–water partition coefficient (Wildman–Crippen LogP) is 1.77. The van der Waals surface area contributed by atoms with Gasteiger partial charge >= 0.3 is 0 Å². The van der Waals surface area contributed by atoms with Crippen molar-refractivity contribution in [3.8, 4) is 11.5 Å². The number of hydrogen-bond acceptors (Lipinski definition) is 5. The number of hydrogen-bond donors (Lipinski definition) is 1. The Bertz CT molecular complexity index is 531. The molecule has 1 N–H and O–H groups in total. The number of pyridine rings is 1. The number of aryl methyl sites for hydroxylation is 1. The van der Waals surface area contributed by atoms with Crippen LogP contribution in [0.3, 0.4) is 0 Å². The standard InChI is InChI=1S/C13H16N4O/c1-2-9-4-3-6-15-11(9)12-16-13(18-17-12)10-5-7-14-8-10/h3-4,6,10,14H,2,5,7-8H2,1H3. The Balaban J connectivity index is 1.92. The molecule has 3 rings (SSSR count). The number of nitrogens with zero attached hydrogens (tertiary/aromatic N) is 3. The molecule has 0 saturated carbocycles. The van der Waals surface area contributed by atoms with Gasteiger partial charge in [-0.05, 0) is 31.0 Å². The summed E-state index contributed by atoms with van der Waals surface area (Å²) in [5.74, 6) is 1.68. The highest BCUT2D eigenvalue weighted by atomic mass is 16.5. The van der Waals surface area contributed by atoms with E-state index in [4.69, 9.17) is 4.52 Å². The highest BCUT2D eigenvalue weighted by Gasteiger charge is 2.23. The molecule has 0 aliphatic carbocycles. The SMILES string of the molecule is CCc1cccnc1-c1noc(C2CCNC2)n1. The van der Waals surface area contributed by atoms with E-state index in [0.717, 1.165) is 43.1 Å². The second kappa shape index (κ2) is 4.86. The second-order valence-corrected chi connectivity index (χ2v) is 4.51. The first-order chi connectivity index (χ1) is 8.88. The molecule has 0 bridgehead atoms. The van der Waals surface area contributed by atoms with E-state index in [2.05, 4.69) is 33.4 Å². The number of rotatable bonds is 3. The molecule has 1 atom stereocenters. The summed E-state index contributed by atoms with van der Waals surface area (Å²) >= 11 is 0. The van der Waals surface area contributed by atoms with Crippen molar-refractivity contribution in [2.24, 2.45) is 0 Å². The molecule has 1 unspecified atom stereocenters. The van der Waals surface area contributed by atoms with Crippen molar-refractivity contribution in [3.05, 3.63) is 29.8 Å². The van der Waals surface area contributed by atoms with Gasteiger partial charge in [-0.15, -0.1) is 0 Å². The Kier molecular flexibility index (Phi) is 3.06. The van der Waals surface area contributed by atoms with E-state index in [0.29, 0.717) is 11.7 Å². The minimum atomic E-state index is 0.347. The van der Waals surface area contributed by atoms with Crippen LogP contribution < -0.4 is 5.32 Å². The number of nitrogens with one attached hydrogen (secondary N) is 1. The second-order valence-electron chi connectivity index (χ2n) is 4.51. The van der Waals surface area contributed by atoms with Crippen LogP contribution in [0.2, 0.25) is 0 Å². The molecule has 0 spiro atoms. The zero-order valence-electron chi connectivity index (χ0n) is 10.4. The molecule has 18 heavy (non-hydrogen) atoms. The zero-order valence-corrected chi connectivity index (χ0v) is 10.4. The smallest absolute Gasteiger partial charge is 0.231 e. The summed E-state index contributed by atoms with van der Waals surface area (Å²) in [4.78, 5) is 8.85. The van der Waals surface area contributed by atoms with Crippen LogP contribution in [0.4, 0.5) is 0 Å². The average molecular weight is 244 g/mol. The molecule has 2 aromatic rings. The topological polar surface area (TPSA) is 63.8 Å². The van der Waals surface area contributed by atoms with Crippen LogP contribution >= 0.6 is 0 Å². The van der Waals surface area contributed by atoms with Crippen molar-refractivity contribution >= 4 is 0 Å². The maximum atomic E-state index is 5.36. The van der Waals surface area contributed by atoms with Crippen molar-refractivity contribution in [1.82, 2.24) is 20.4 Å². The molecule has 1 saturated heterocycles. The third kappa shape index (κ3) is 2.01. The lowest BCUT2D eigenvalue weighted by atomic mass is 10.1.